The number of rotatable bonds is 10. The highest BCUT2D eigenvalue weighted by molar-refractivity contribution is 6.78. The molecule has 6 nitrogen and oxygen atoms in total. The number of allylic oxidation sites excluding steroid dienone is 1. The fourth-order valence-electron chi connectivity index (χ4n) is 5.84. The van der Waals surface area contributed by atoms with Gasteiger partial charge in [-0.1, -0.05) is 71.9 Å². The molecule has 37 heavy (non-hydrogen) atoms. The Morgan fingerprint density at radius 1 is 1.00 bits per heavy atom. The highest BCUT2D eigenvalue weighted by Crippen LogP contribution is 2.46. The van der Waals surface area contributed by atoms with E-state index >= 15 is 0 Å². The van der Waals surface area contributed by atoms with Crippen LogP contribution in [0.3, 0.4) is 0 Å². The fraction of sp³-hybridized carbons (Fsp3) is 0.433. The van der Waals surface area contributed by atoms with Crippen LogP contribution in [0.1, 0.15) is 71.9 Å². The van der Waals surface area contributed by atoms with Gasteiger partial charge in [0.2, 0.25) is 5.91 Å². The molecule has 0 bridgehead atoms. The van der Waals surface area contributed by atoms with Crippen molar-refractivity contribution >= 4 is 31.6 Å². The van der Waals surface area contributed by atoms with Gasteiger partial charge in [-0.2, -0.15) is 0 Å². The Kier molecular flexibility index (Phi) is 9.48. The number of benzene rings is 2. The highest BCUT2D eigenvalue weighted by Gasteiger charge is 2.48. The normalized spacial score (nSPS) is 16.6. The third-order valence-electron chi connectivity index (χ3n) is 7.48. The Morgan fingerprint density at radius 2 is 1.59 bits per heavy atom. The zero-order valence-corrected chi connectivity index (χ0v) is 23.9. The molecule has 0 aliphatic heterocycles. The number of nitrogens with zero attached hydrogens (tertiary/aromatic N) is 1. The molecule has 3 rings (SSSR count). The molecule has 1 aliphatic carbocycles. The van der Waals surface area contributed by atoms with Gasteiger partial charge in [-0.25, -0.2) is 0 Å². The third-order valence-corrected chi connectivity index (χ3v) is 13.5. The number of non-ortho nitro benzene ring substituents is 1. The van der Waals surface area contributed by atoms with Crippen LogP contribution in [0.25, 0.3) is 11.6 Å². The number of carbonyl (C=O) groups excluding carboxylic acids is 1. The first-order chi connectivity index (χ1) is 17.6. The number of hydrogen-bond acceptors (Lipinski definition) is 4. The van der Waals surface area contributed by atoms with Crippen molar-refractivity contribution in [1.82, 2.24) is 5.32 Å². The largest absolute Gasteiger partial charge is 0.545 e. The Labute approximate surface area is 222 Å². The summed E-state index contributed by atoms with van der Waals surface area (Å²) in [5.74, 6) is 0.836. The summed E-state index contributed by atoms with van der Waals surface area (Å²) in [4.78, 5) is 23.4. The SMILES string of the molecule is CC(C)[Si](OC1=C(c2ccccc2)[C@H](NC(=O)/C=C\c2ccc([N+](=O)[O-])cc2)CCC1)(C(C)C)C(C)C. The summed E-state index contributed by atoms with van der Waals surface area (Å²) in [6.07, 6.45) is 5.83. The molecule has 198 valence electrons. The van der Waals surface area contributed by atoms with E-state index in [1.165, 1.54) is 18.2 Å². The Bertz CT molecular complexity index is 1120. The van der Waals surface area contributed by atoms with Crippen LogP contribution in [0.5, 0.6) is 0 Å². The standard InChI is InChI=1S/C30H40N2O4Si/c1-21(2)37(22(3)4,23(5)6)36-28-14-10-13-27(30(28)25-11-8-7-9-12-25)31-29(33)20-17-24-15-18-26(19-16-24)32(34)35/h7-9,11-12,15-23,27H,10,13-14H2,1-6H3,(H,31,33)/b20-17-/t27-/m1/s1. The van der Waals surface area contributed by atoms with E-state index in [0.717, 1.165) is 41.7 Å². The molecule has 1 aliphatic rings. The molecule has 0 radical (unpaired) electrons. The van der Waals surface area contributed by atoms with E-state index in [2.05, 4.69) is 59.0 Å². The lowest BCUT2D eigenvalue weighted by atomic mass is 9.87. The maximum Gasteiger partial charge on any atom is 0.269 e. The summed E-state index contributed by atoms with van der Waals surface area (Å²) in [7, 11) is -2.16. The summed E-state index contributed by atoms with van der Waals surface area (Å²) < 4.78 is 7.20. The van der Waals surface area contributed by atoms with Gasteiger partial charge in [0.25, 0.3) is 14.0 Å². The smallest absolute Gasteiger partial charge is 0.269 e. The van der Waals surface area contributed by atoms with Crippen LogP contribution < -0.4 is 5.32 Å². The van der Waals surface area contributed by atoms with Gasteiger partial charge in [0.05, 0.1) is 16.7 Å². The molecule has 0 aromatic heterocycles. The zero-order chi connectivity index (χ0) is 27.2. The third kappa shape index (κ3) is 6.58. The molecule has 0 saturated heterocycles. The lowest BCUT2D eigenvalue weighted by molar-refractivity contribution is -0.384. The molecule has 0 spiro atoms. The minimum atomic E-state index is -2.16. The maximum atomic E-state index is 13.0. The molecule has 0 fully saturated rings. The van der Waals surface area contributed by atoms with Gasteiger partial charge >= 0.3 is 0 Å². The fourth-order valence-corrected chi connectivity index (χ4v) is 11.2. The number of amides is 1. The van der Waals surface area contributed by atoms with Gasteiger partial charge in [0, 0.05) is 30.2 Å². The molecule has 2 aromatic carbocycles. The molecule has 1 amide bonds. The minimum absolute atomic E-state index is 0.0257. The van der Waals surface area contributed by atoms with Crippen LogP contribution in [0, 0.1) is 10.1 Å². The number of carbonyl (C=O) groups is 1. The first-order valence-electron chi connectivity index (χ1n) is 13.3. The molecule has 0 unspecified atom stereocenters. The summed E-state index contributed by atoms with van der Waals surface area (Å²) >= 11 is 0. The van der Waals surface area contributed by atoms with Crippen LogP contribution in [0.2, 0.25) is 16.6 Å². The van der Waals surface area contributed by atoms with Crippen molar-refractivity contribution < 1.29 is 14.1 Å². The Hall–Kier alpha value is -3.19. The van der Waals surface area contributed by atoms with Crippen molar-refractivity contribution in [1.29, 1.82) is 0 Å². The van der Waals surface area contributed by atoms with Gasteiger partial charge in [0.1, 0.15) is 0 Å². The van der Waals surface area contributed by atoms with Gasteiger partial charge in [0.15, 0.2) is 0 Å². The van der Waals surface area contributed by atoms with Crippen molar-refractivity contribution in [3.05, 3.63) is 87.7 Å². The van der Waals surface area contributed by atoms with Gasteiger partial charge in [-0.15, -0.1) is 0 Å². The Morgan fingerprint density at radius 3 is 2.14 bits per heavy atom. The van der Waals surface area contributed by atoms with Crippen molar-refractivity contribution in [3.63, 3.8) is 0 Å². The van der Waals surface area contributed by atoms with Gasteiger partial charge in [-0.3, -0.25) is 14.9 Å². The summed E-state index contributed by atoms with van der Waals surface area (Å²) in [6.45, 7) is 13.8. The quantitative estimate of drug-likeness (QED) is 0.149. The molecule has 0 heterocycles. The number of nitro benzene ring substituents is 1. The second-order valence-electron chi connectivity index (χ2n) is 10.8. The second kappa shape index (κ2) is 12.4. The number of nitrogens with one attached hydrogen (secondary N) is 1. The number of nitro groups is 1. The summed E-state index contributed by atoms with van der Waals surface area (Å²) in [5.41, 5.74) is 4.29. The first-order valence-corrected chi connectivity index (χ1v) is 15.4. The van der Waals surface area contributed by atoms with Crippen LogP contribution >= 0.6 is 0 Å². The molecular formula is C30H40N2O4Si. The van der Waals surface area contributed by atoms with Crippen molar-refractivity contribution in [3.8, 4) is 0 Å². The minimum Gasteiger partial charge on any atom is -0.545 e. The van der Waals surface area contributed by atoms with E-state index in [9.17, 15) is 14.9 Å². The average molecular weight is 521 g/mol. The van der Waals surface area contributed by atoms with Crippen LogP contribution in [-0.2, 0) is 9.22 Å². The summed E-state index contributed by atoms with van der Waals surface area (Å²) in [5, 5.41) is 14.1. The van der Waals surface area contributed by atoms with E-state index in [4.69, 9.17) is 4.43 Å². The Balaban J connectivity index is 1.93. The van der Waals surface area contributed by atoms with Gasteiger partial charge < -0.3 is 9.74 Å². The van der Waals surface area contributed by atoms with Gasteiger partial charge in [-0.05, 0) is 58.8 Å². The molecule has 1 atom stereocenters. The second-order valence-corrected chi connectivity index (χ2v) is 16.1. The number of hydrogen-bond donors (Lipinski definition) is 1. The molecule has 2 aromatic rings. The van der Waals surface area contributed by atoms with E-state index in [-0.39, 0.29) is 17.6 Å². The lowest BCUT2D eigenvalue weighted by Gasteiger charge is -2.44. The monoisotopic (exact) mass is 520 g/mol. The maximum absolute atomic E-state index is 13.0. The van der Waals surface area contributed by atoms with Crippen molar-refractivity contribution in [2.75, 3.05) is 0 Å². The van der Waals surface area contributed by atoms with Crippen LogP contribution in [0.4, 0.5) is 5.69 Å². The van der Waals surface area contributed by atoms with E-state index in [1.807, 2.05) is 18.2 Å². The van der Waals surface area contributed by atoms with E-state index in [0.29, 0.717) is 16.6 Å². The molecular weight excluding hydrogens is 480 g/mol. The van der Waals surface area contributed by atoms with E-state index < -0.39 is 13.2 Å². The molecule has 0 saturated carbocycles. The highest BCUT2D eigenvalue weighted by atomic mass is 28.4. The molecule has 1 N–H and O–H groups in total. The molecule has 7 heteroatoms. The average Bonchev–Trinajstić information content (AvgIpc) is 2.86. The van der Waals surface area contributed by atoms with E-state index in [1.54, 1.807) is 18.2 Å². The van der Waals surface area contributed by atoms with Crippen LogP contribution in [0.15, 0.2) is 66.4 Å². The summed E-state index contributed by atoms with van der Waals surface area (Å²) in [6, 6.07) is 16.2. The predicted molar refractivity (Wildman–Crippen MR) is 153 cm³/mol. The predicted octanol–water partition coefficient (Wildman–Crippen LogP) is 7.88. The lowest BCUT2D eigenvalue weighted by Crippen LogP contribution is -2.48. The van der Waals surface area contributed by atoms with Crippen molar-refractivity contribution in [2.45, 2.75) is 83.5 Å². The zero-order valence-electron chi connectivity index (χ0n) is 22.9. The van der Waals surface area contributed by atoms with Crippen molar-refractivity contribution in [2.24, 2.45) is 0 Å². The van der Waals surface area contributed by atoms with Crippen LogP contribution in [-0.4, -0.2) is 25.2 Å². The first kappa shape index (κ1) is 28.4. The topological polar surface area (TPSA) is 81.5 Å².